The first-order valence-electron chi connectivity index (χ1n) is 9.14. The van der Waals surface area contributed by atoms with Gasteiger partial charge in [-0.25, -0.2) is 4.99 Å². The van der Waals surface area contributed by atoms with E-state index in [2.05, 4.69) is 15.2 Å². The number of likely N-dealkylation sites (N-methyl/N-ethyl adjacent to an activating group) is 1. The summed E-state index contributed by atoms with van der Waals surface area (Å²) in [6.45, 7) is 4.78. The van der Waals surface area contributed by atoms with Crippen molar-refractivity contribution in [2.45, 2.75) is 13.0 Å². The molecule has 1 aromatic rings. The third kappa shape index (κ3) is 4.11. The topological polar surface area (TPSA) is 117 Å². The van der Waals surface area contributed by atoms with Crippen LogP contribution in [0.25, 0.3) is 0 Å². The van der Waals surface area contributed by atoms with Crippen molar-refractivity contribution in [3.8, 4) is 0 Å². The molecule has 0 bridgehead atoms. The summed E-state index contributed by atoms with van der Waals surface area (Å²) in [5.74, 6) is -2.02. The van der Waals surface area contributed by atoms with Gasteiger partial charge in [0.25, 0.3) is 5.69 Å². The van der Waals surface area contributed by atoms with E-state index in [4.69, 9.17) is 4.74 Å². The van der Waals surface area contributed by atoms with E-state index in [0.717, 1.165) is 13.1 Å². The summed E-state index contributed by atoms with van der Waals surface area (Å²) in [5, 5.41) is 13.9. The molecule has 1 N–H and O–H groups in total. The zero-order chi connectivity index (χ0) is 20.3. The summed E-state index contributed by atoms with van der Waals surface area (Å²) in [7, 11) is 2.02. The van der Waals surface area contributed by atoms with Gasteiger partial charge in [0, 0.05) is 38.3 Å². The van der Waals surface area contributed by atoms with Gasteiger partial charge in [-0.05, 0) is 19.5 Å². The molecule has 0 radical (unpaired) electrons. The number of carbonyl (C=O) groups excluding carboxylic acids is 2. The Bertz CT molecular complexity index is 803. The van der Waals surface area contributed by atoms with Gasteiger partial charge in [-0.15, -0.1) is 0 Å². The second-order valence-corrected chi connectivity index (χ2v) is 6.76. The number of hydrogen-bond donors (Lipinski definition) is 1. The Kier molecular flexibility index (Phi) is 5.88. The molecule has 0 spiro atoms. The van der Waals surface area contributed by atoms with Gasteiger partial charge in [-0.2, -0.15) is 0 Å². The highest BCUT2D eigenvalue weighted by Crippen LogP contribution is 2.32. The number of amides is 1. The lowest BCUT2D eigenvalue weighted by atomic mass is 9.91. The number of aliphatic imine (C=N–C) groups is 1. The zero-order valence-corrected chi connectivity index (χ0v) is 15.8. The van der Waals surface area contributed by atoms with Crippen LogP contribution >= 0.6 is 0 Å². The van der Waals surface area contributed by atoms with Crippen LogP contribution in [0.5, 0.6) is 0 Å². The van der Waals surface area contributed by atoms with Crippen molar-refractivity contribution in [2.75, 3.05) is 39.8 Å². The van der Waals surface area contributed by atoms with Gasteiger partial charge in [0.1, 0.15) is 6.04 Å². The number of nitrogens with one attached hydrogen (secondary N) is 1. The summed E-state index contributed by atoms with van der Waals surface area (Å²) in [4.78, 5) is 44.5. The van der Waals surface area contributed by atoms with Crippen molar-refractivity contribution in [1.82, 2.24) is 15.1 Å². The molecule has 10 nitrogen and oxygen atoms in total. The third-order valence-electron chi connectivity index (χ3n) is 4.86. The van der Waals surface area contributed by atoms with Crippen LogP contribution in [-0.4, -0.2) is 72.4 Å². The molecule has 1 aromatic carbocycles. The average Bonchev–Trinajstić information content (AvgIpc) is 2.68. The van der Waals surface area contributed by atoms with Gasteiger partial charge in [-0.1, -0.05) is 12.1 Å². The van der Waals surface area contributed by atoms with Crippen molar-refractivity contribution in [3.05, 3.63) is 39.9 Å². The normalized spacial score (nSPS) is 23.0. The predicted octanol–water partition coefficient (Wildman–Crippen LogP) is 0.548. The van der Waals surface area contributed by atoms with Gasteiger partial charge in [-0.3, -0.25) is 25.0 Å². The minimum absolute atomic E-state index is 0.123. The molecule has 2 atom stereocenters. The highest BCUT2D eigenvalue weighted by Gasteiger charge is 2.42. The Morgan fingerprint density at radius 2 is 2.07 bits per heavy atom. The lowest BCUT2D eigenvalue weighted by molar-refractivity contribution is -0.384. The summed E-state index contributed by atoms with van der Waals surface area (Å²) in [5.41, 5.74) is 0.302. The summed E-state index contributed by atoms with van der Waals surface area (Å²) in [6, 6.07) is 4.97. The number of non-ortho nitro benzene ring substituents is 1. The molecule has 150 valence electrons. The number of piperazine rings is 1. The molecule has 2 aliphatic heterocycles. The lowest BCUT2D eigenvalue weighted by Crippen LogP contribution is -2.56. The minimum Gasteiger partial charge on any atom is -0.465 e. The smallest absolute Gasteiger partial charge is 0.321 e. The molecule has 0 saturated carbocycles. The summed E-state index contributed by atoms with van der Waals surface area (Å²) < 4.78 is 5.05. The van der Waals surface area contributed by atoms with Crippen molar-refractivity contribution in [1.29, 1.82) is 0 Å². The van der Waals surface area contributed by atoms with E-state index in [1.54, 1.807) is 13.0 Å². The molecule has 2 aliphatic rings. The van der Waals surface area contributed by atoms with Gasteiger partial charge in [0.05, 0.1) is 11.5 Å². The first kappa shape index (κ1) is 19.7. The molecular formula is C18H23N5O5. The first-order chi connectivity index (χ1) is 13.4. The van der Waals surface area contributed by atoms with E-state index in [9.17, 15) is 19.7 Å². The van der Waals surface area contributed by atoms with Crippen LogP contribution in [0.4, 0.5) is 5.69 Å². The van der Waals surface area contributed by atoms with Gasteiger partial charge < -0.3 is 14.5 Å². The quantitative estimate of drug-likeness (QED) is 0.346. The van der Waals surface area contributed by atoms with Crippen LogP contribution < -0.4 is 5.32 Å². The number of esters is 1. The lowest BCUT2D eigenvalue weighted by Gasteiger charge is -2.37. The van der Waals surface area contributed by atoms with Crippen molar-refractivity contribution in [3.63, 3.8) is 0 Å². The maximum atomic E-state index is 12.8. The summed E-state index contributed by atoms with van der Waals surface area (Å²) in [6.07, 6.45) is 0. The number of hydrogen-bond acceptors (Lipinski definition) is 8. The number of nitro benzene ring substituents is 1. The highest BCUT2D eigenvalue weighted by atomic mass is 16.6. The van der Waals surface area contributed by atoms with Crippen molar-refractivity contribution in [2.24, 2.45) is 10.9 Å². The van der Waals surface area contributed by atoms with Gasteiger partial charge >= 0.3 is 5.97 Å². The molecule has 28 heavy (non-hydrogen) atoms. The van der Waals surface area contributed by atoms with Crippen LogP contribution in [0.1, 0.15) is 18.5 Å². The standard InChI is InChI=1S/C18H23N5O5/c1-3-28-17(25)14-15(12-5-4-6-13(11-12)23(26)27)19-18(20-16(14)24)22-9-7-21(2)8-10-22/h4-6,11,14-15H,3,7-10H2,1-2H3,(H,19,20,24)/t14-,15+/m1/s1. The first-order valence-corrected chi connectivity index (χ1v) is 9.14. The van der Waals surface area contributed by atoms with Crippen molar-refractivity contribution >= 4 is 23.5 Å². The van der Waals surface area contributed by atoms with E-state index < -0.39 is 28.8 Å². The Labute approximate surface area is 162 Å². The van der Waals surface area contributed by atoms with E-state index in [-0.39, 0.29) is 12.3 Å². The number of nitro groups is 1. The molecule has 1 fully saturated rings. The third-order valence-corrected chi connectivity index (χ3v) is 4.86. The van der Waals surface area contributed by atoms with Crippen LogP contribution in [0.15, 0.2) is 29.3 Å². The molecule has 0 aromatic heterocycles. The fraction of sp³-hybridized carbons (Fsp3) is 0.500. The average molecular weight is 389 g/mol. The van der Waals surface area contributed by atoms with E-state index in [1.165, 1.54) is 18.2 Å². The van der Waals surface area contributed by atoms with E-state index in [0.29, 0.717) is 24.6 Å². The Morgan fingerprint density at radius 1 is 1.36 bits per heavy atom. The Hall–Kier alpha value is -3.01. The minimum atomic E-state index is -1.20. The molecular weight excluding hydrogens is 366 g/mol. The monoisotopic (exact) mass is 389 g/mol. The van der Waals surface area contributed by atoms with E-state index >= 15 is 0 Å². The number of benzene rings is 1. The van der Waals surface area contributed by atoms with Gasteiger partial charge in [0.2, 0.25) is 11.9 Å². The number of guanidine groups is 1. The van der Waals surface area contributed by atoms with Crippen LogP contribution in [0.2, 0.25) is 0 Å². The molecule has 10 heteroatoms. The number of nitrogens with zero attached hydrogens (tertiary/aromatic N) is 4. The van der Waals surface area contributed by atoms with Crippen molar-refractivity contribution < 1.29 is 19.2 Å². The Balaban J connectivity index is 1.99. The number of carbonyl (C=O) groups is 2. The van der Waals surface area contributed by atoms with E-state index in [1.807, 2.05) is 11.9 Å². The summed E-state index contributed by atoms with van der Waals surface area (Å²) >= 11 is 0. The fourth-order valence-electron chi connectivity index (χ4n) is 3.31. The van der Waals surface area contributed by atoms with Crippen LogP contribution in [0, 0.1) is 16.0 Å². The molecule has 1 saturated heterocycles. The highest BCUT2D eigenvalue weighted by molar-refractivity contribution is 6.08. The SMILES string of the molecule is CCOC(=O)[C@H]1C(=O)NC(N2CCN(C)CC2)=N[C@H]1c1cccc([N+](=O)[O-])c1. The maximum Gasteiger partial charge on any atom is 0.321 e. The van der Waals surface area contributed by atoms with Gasteiger partial charge in [0.15, 0.2) is 5.92 Å². The fourth-order valence-corrected chi connectivity index (χ4v) is 3.31. The van der Waals surface area contributed by atoms with Crippen LogP contribution in [-0.2, 0) is 14.3 Å². The zero-order valence-electron chi connectivity index (χ0n) is 15.8. The molecule has 0 aliphatic carbocycles. The second-order valence-electron chi connectivity index (χ2n) is 6.76. The molecule has 0 unspecified atom stereocenters. The predicted molar refractivity (Wildman–Crippen MR) is 101 cm³/mol. The second kappa shape index (κ2) is 8.34. The Morgan fingerprint density at radius 3 is 2.71 bits per heavy atom. The molecule has 1 amide bonds. The largest absolute Gasteiger partial charge is 0.465 e. The maximum absolute atomic E-state index is 12.8. The number of ether oxygens (including phenoxy) is 1. The number of rotatable bonds is 4. The molecule has 2 heterocycles. The molecule has 3 rings (SSSR count). The van der Waals surface area contributed by atoms with Crippen LogP contribution in [0.3, 0.4) is 0 Å².